The molecule has 12 nitrogen and oxygen atoms in total. The van der Waals surface area contributed by atoms with Crippen LogP contribution in [0.5, 0.6) is 11.8 Å². The van der Waals surface area contributed by atoms with Gasteiger partial charge in [-0.05, 0) is 49.9 Å². The van der Waals surface area contributed by atoms with Crippen LogP contribution in [0.4, 0.5) is 4.39 Å². The molecule has 0 saturated carbocycles. The number of carbonyl (C=O) groups is 2. The molecular weight excluding hydrogens is 748 g/mol. The molecule has 0 aliphatic carbocycles. The molecule has 59 heavy (non-hydrogen) atoms. The number of Topliss-reactive ketones (excluding diaryl/α,β-unsaturated/α-hetero) is 2. The average Bonchev–Trinajstić information content (AvgIpc) is 3.89. The number of H-pyrrole nitrogens is 2. The van der Waals surface area contributed by atoms with E-state index in [1.54, 1.807) is 13.3 Å². The molecule has 318 valence electrons. The lowest BCUT2D eigenvalue weighted by molar-refractivity contribution is -0.119. The molecule has 6 aromatic rings. The first-order chi connectivity index (χ1) is 27.6. The molecule has 0 unspecified atom stereocenters. The number of nitrogens with two attached hydrogens (primary N) is 2. The number of para-hydroxylation sites is 2. The van der Waals surface area contributed by atoms with Crippen molar-refractivity contribution in [2.45, 2.75) is 118 Å². The number of benzene rings is 2. The molecule has 0 spiro atoms. The maximum absolute atomic E-state index is 14.6. The summed E-state index contributed by atoms with van der Waals surface area (Å²) in [4.78, 5) is 46.6. The molecule has 0 aliphatic heterocycles. The minimum Gasteiger partial charge on any atom is -0.480 e. The van der Waals surface area contributed by atoms with E-state index in [9.17, 15) is 14.0 Å². The largest absolute Gasteiger partial charge is 0.480 e. The van der Waals surface area contributed by atoms with E-state index >= 15 is 0 Å². The van der Waals surface area contributed by atoms with Crippen LogP contribution in [0, 0.1) is 5.95 Å². The Morgan fingerprint density at radius 1 is 0.678 bits per heavy atom. The van der Waals surface area contributed by atoms with E-state index in [4.69, 9.17) is 20.9 Å². The lowest BCUT2D eigenvalue weighted by Gasteiger charge is -2.10. The Morgan fingerprint density at radius 2 is 1.17 bits per heavy atom. The predicted molar refractivity (Wildman–Crippen MR) is 236 cm³/mol. The lowest BCUT2D eigenvalue weighted by Crippen LogP contribution is -2.12. The van der Waals surface area contributed by atoms with Gasteiger partial charge in [-0.3, -0.25) is 9.59 Å². The fraction of sp³-hybridized carbons (Fsp3) is 0.435. The number of nitrogens with one attached hydrogen (secondary N) is 2. The molecule has 4 heterocycles. The second kappa shape index (κ2) is 23.8. The van der Waals surface area contributed by atoms with Gasteiger partial charge in [0.15, 0.2) is 0 Å². The Hall–Kier alpha value is -5.53. The van der Waals surface area contributed by atoms with Gasteiger partial charge in [-0.2, -0.15) is 4.39 Å². The number of pyridine rings is 2. The van der Waals surface area contributed by atoms with Gasteiger partial charge >= 0.3 is 0 Å². The van der Waals surface area contributed by atoms with Crippen LogP contribution in [0.3, 0.4) is 0 Å². The lowest BCUT2D eigenvalue weighted by atomic mass is 10.1. The molecule has 0 aliphatic rings. The SMILES string of the molecule is C.C.CCC(=O)CCCCC[C@H](N)c1nc(-c2cc3ccccc3nc2OC)c(F)[nH]1.CCC(=O)CCCCC[C@H](N)c1ncc(-c2cc3ccccc3nc2OC)[nH]1. The van der Waals surface area contributed by atoms with Crippen molar-refractivity contribution in [1.82, 2.24) is 29.9 Å². The highest BCUT2D eigenvalue weighted by Gasteiger charge is 2.21. The van der Waals surface area contributed by atoms with E-state index in [0.29, 0.717) is 61.0 Å². The van der Waals surface area contributed by atoms with Gasteiger partial charge in [-0.1, -0.05) is 90.8 Å². The summed E-state index contributed by atoms with van der Waals surface area (Å²) in [6.45, 7) is 3.79. The number of fused-ring (bicyclic) bond motifs is 2. The number of imidazole rings is 2. The van der Waals surface area contributed by atoms with Gasteiger partial charge in [0.2, 0.25) is 17.7 Å². The first kappa shape index (κ1) is 47.8. The van der Waals surface area contributed by atoms with Crippen LogP contribution in [-0.4, -0.2) is 55.7 Å². The van der Waals surface area contributed by atoms with Gasteiger partial charge in [0.1, 0.15) is 28.9 Å². The molecule has 0 fully saturated rings. The van der Waals surface area contributed by atoms with Gasteiger partial charge in [-0.15, -0.1) is 0 Å². The topological polar surface area (TPSA) is 188 Å². The number of hydrogen-bond donors (Lipinski definition) is 4. The highest BCUT2D eigenvalue weighted by molar-refractivity contribution is 5.86. The number of methoxy groups -OCH3 is 2. The minimum atomic E-state index is -0.556. The molecule has 0 saturated heterocycles. The third-order valence-corrected chi connectivity index (χ3v) is 10.0. The third-order valence-electron chi connectivity index (χ3n) is 10.0. The number of nitrogens with zero attached hydrogens (tertiary/aromatic N) is 4. The molecule has 0 amide bonds. The first-order valence-electron chi connectivity index (χ1n) is 19.9. The van der Waals surface area contributed by atoms with Crippen molar-refractivity contribution in [1.29, 1.82) is 0 Å². The maximum atomic E-state index is 14.6. The van der Waals surface area contributed by atoms with Crippen LogP contribution in [0.15, 0.2) is 66.9 Å². The Labute approximate surface area is 348 Å². The molecular formula is C46H63FN8O4. The van der Waals surface area contributed by atoms with Crippen LogP contribution in [0.2, 0.25) is 0 Å². The van der Waals surface area contributed by atoms with Gasteiger partial charge in [0.25, 0.3) is 0 Å². The summed E-state index contributed by atoms with van der Waals surface area (Å²) in [5.74, 6) is 2.09. The number of halogens is 1. The maximum Gasteiger partial charge on any atom is 0.223 e. The number of ketones is 2. The van der Waals surface area contributed by atoms with E-state index in [0.717, 1.165) is 83.8 Å². The second-order valence-electron chi connectivity index (χ2n) is 14.1. The number of aromatic amines is 2. The van der Waals surface area contributed by atoms with Crippen LogP contribution in [0.25, 0.3) is 44.3 Å². The average molecular weight is 811 g/mol. The van der Waals surface area contributed by atoms with E-state index in [1.807, 2.05) is 68.4 Å². The van der Waals surface area contributed by atoms with Gasteiger partial charge in [-0.25, -0.2) is 19.9 Å². The summed E-state index contributed by atoms with van der Waals surface area (Å²) in [6.07, 6.45) is 11.3. The molecule has 0 radical (unpaired) electrons. The fourth-order valence-corrected chi connectivity index (χ4v) is 6.61. The zero-order valence-electron chi connectivity index (χ0n) is 33.4. The number of ether oxygens (including phenoxy) is 2. The Kier molecular flexibility index (Phi) is 19.3. The molecule has 4 aromatic heterocycles. The number of aromatic nitrogens is 6. The summed E-state index contributed by atoms with van der Waals surface area (Å²) in [7, 11) is 3.12. The third kappa shape index (κ3) is 13.0. The summed E-state index contributed by atoms with van der Waals surface area (Å²) in [5, 5.41) is 1.92. The smallest absolute Gasteiger partial charge is 0.223 e. The van der Waals surface area contributed by atoms with Crippen LogP contribution < -0.4 is 20.9 Å². The molecule has 2 aromatic carbocycles. The van der Waals surface area contributed by atoms with E-state index in [2.05, 4.69) is 36.0 Å². The van der Waals surface area contributed by atoms with E-state index < -0.39 is 12.0 Å². The van der Waals surface area contributed by atoms with Gasteiger partial charge in [0, 0.05) is 36.5 Å². The van der Waals surface area contributed by atoms with Crippen molar-refractivity contribution in [2.24, 2.45) is 11.5 Å². The Bertz CT molecular complexity index is 2240. The highest BCUT2D eigenvalue weighted by Crippen LogP contribution is 2.34. The summed E-state index contributed by atoms with van der Waals surface area (Å²) < 4.78 is 25.5. The number of carbonyl (C=O) groups excluding carboxylic acids is 2. The normalized spacial score (nSPS) is 11.8. The predicted octanol–water partition coefficient (Wildman–Crippen LogP) is 10.5. The summed E-state index contributed by atoms with van der Waals surface area (Å²) >= 11 is 0. The number of rotatable bonds is 20. The Morgan fingerprint density at radius 3 is 1.69 bits per heavy atom. The standard InChI is InChI=1S/C22H27FN4O2.C22H28N4O2.2CH4/c1-3-15(28)10-5-4-6-11-17(24)21-26-19(20(23)27-21)16-13-14-9-7-8-12-18(14)25-22(16)29-2;1-3-16(27)10-5-4-6-11-18(23)21-24-14-20(25-21)17-13-15-9-7-8-12-19(15)26-22(17)28-2;;/h7-9,12-13,17H,3-6,10-11,24H2,1-2H3,(H,26,27);7-9,12-14,18H,3-6,10-11,23H2,1-2H3,(H,24,25);2*1H4/t17-;18-;;/m00../s1. The van der Waals surface area contributed by atoms with E-state index in [-0.39, 0.29) is 32.4 Å². The first-order valence-corrected chi connectivity index (χ1v) is 19.9. The minimum absolute atomic E-state index is 0. The van der Waals surface area contributed by atoms with Crippen LogP contribution in [-0.2, 0) is 9.59 Å². The van der Waals surface area contributed by atoms with Crippen molar-refractivity contribution in [3.63, 3.8) is 0 Å². The summed E-state index contributed by atoms with van der Waals surface area (Å²) in [6, 6.07) is 18.8. The van der Waals surface area contributed by atoms with Crippen molar-refractivity contribution in [3.05, 3.63) is 84.5 Å². The van der Waals surface area contributed by atoms with Crippen molar-refractivity contribution >= 4 is 33.4 Å². The van der Waals surface area contributed by atoms with Crippen molar-refractivity contribution < 1.29 is 23.5 Å². The highest BCUT2D eigenvalue weighted by atomic mass is 19.1. The van der Waals surface area contributed by atoms with Gasteiger partial charge < -0.3 is 30.9 Å². The Balaban J connectivity index is 0.000000305. The second-order valence-corrected chi connectivity index (χ2v) is 14.1. The molecule has 0 bridgehead atoms. The fourth-order valence-electron chi connectivity index (χ4n) is 6.61. The molecule has 6 rings (SSSR count). The van der Waals surface area contributed by atoms with Crippen LogP contribution >= 0.6 is 0 Å². The molecule has 6 N–H and O–H groups in total. The number of unbranched alkanes of at least 4 members (excludes halogenated alkanes) is 4. The zero-order chi connectivity index (χ0) is 40.7. The van der Waals surface area contributed by atoms with Crippen LogP contribution in [0.1, 0.15) is 129 Å². The monoisotopic (exact) mass is 810 g/mol. The van der Waals surface area contributed by atoms with Crippen molar-refractivity contribution in [2.75, 3.05) is 14.2 Å². The molecule has 13 heteroatoms. The van der Waals surface area contributed by atoms with E-state index in [1.165, 1.54) is 7.11 Å². The molecule has 2 atom stereocenters. The summed E-state index contributed by atoms with van der Waals surface area (Å²) in [5.41, 5.74) is 16.5. The van der Waals surface area contributed by atoms with Gasteiger partial charge in [0.05, 0.1) is 60.4 Å². The number of hydrogen-bond acceptors (Lipinski definition) is 10. The quantitative estimate of drug-likeness (QED) is 0.0540. The zero-order valence-corrected chi connectivity index (χ0v) is 33.4. The van der Waals surface area contributed by atoms with Crippen molar-refractivity contribution in [3.8, 4) is 34.3 Å².